The van der Waals surface area contributed by atoms with Gasteiger partial charge in [0, 0.05) is 12.4 Å². The van der Waals surface area contributed by atoms with E-state index in [1.54, 1.807) is 24.3 Å². The molecule has 0 unspecified atom stereocenters. The van der Waals surface area contributed by atoms with Gasteiger partial charge in [0.15, 0.2) is 0 Å². The van der Waals surface area contributed by atoms with Crippen LogP contribution in [0.25, 0.3) is 0 Å². The largest absolute Gasteiger partial charge is 0.494 e. The highest BCUT2D eigenvalue weighted by atomic mass is 35.5. The van der Waals surface area contributed by atoms with Gasteiger partial charge in [0.05, 0.1) is 16.1 Å². The number of rotatable bonds is 6. The van der Waals surface area contributed by atoms with Crippen LogP contribution in [0.5, 0.6) is 0 Å². The Morgan fingerprint density at radius 3 is 2.35 bits per heavy atom. The Morgan fingerprint density at radius 2 is 1.78 bits per heavy atom. The third-order valence-electron chi connectivity index (χ3n) is 4.30. The van der Waals surface area contributed by atoms with Gasteiger partial charge in [-0.2, -0.15) is 0 Å². The van der Waals surface area contributed by atoms with E-state index in [0.717, 1.165) is 0 Å². The van der Waals surface area contributed by atoms with Gasteiger partial charge in [0.2, 0.25) is 10.0 Å². The summed E-state index contributed by atoms with van der Waals surface area (Å²) in [6.07, 6.45) is 0.581. The first-order valence-electron chi connectivity index (χ1n) is 7.60. The lowest BCUT2D eigenvalue weighted by atomic mass is 9.79. The SMILES string of the molecule is CC1(C)OB(c2cccc(S(=O)(=O)NCCCCl)c2)OC1(C)C. The summed E-state index contributed by atoms with van der Waals surface area (Å²) in [6, 6.07) is 6.64. The van der Waals surface area contributed by atoms with Crippen LogP contribution in [0.4, 0.5) is 0 Å². The van der Waals surface area contributed by atoms with Crippen molar-refractivity contribution in [1.29, 1.82) is 0 Å². The van der Waals surface area contributed by atoms with Crippen LogP contribution < -0.4 is 10.2 Å². The first kappa shape index (κ1) is 18.7. The number of alkyl halides is 1. The molecule has 0 saturated carbocycles. The van der Waals surface area contributed by atoms with Gasteiger partial charge < -0.3 is 9.31 Å². The van der Waals surface area contributed by atoms with Crippen molar-refractivity contribution in [2.24, 2.45) is 0 Å². The molecule has 1 fully saturated rings. The zero-order chi connectivity index (χ0) is 17.3. The molecule has 1 aromatic rings. The van der Waals surface area contributed by atoms with Gasteiger partial charge in [-0.1, -0.05) is 12.1 Å². The van der Waals surface area contributed by atoms with Crippen molar-refractivity contribution in [2.75, 3.05) is 12.4 Å². The van der Waals surface area contributed by atoms with E-state index < -0.39 is 28.3 Å². The van der Waals surface area contributed by atoms with Gasteiger partial charge in [-0.15, -0.1) is 11.6 Å². The van der Waals surface area contributed by atoms with Gasteiger partial charge in [0.25, 0.3) is 0 Å². The quantitative estimate of drug-likeness (QED) is 0.478. The Hall–Kier alpha value is -0.595. The van der Waals surface area contributed by atoms with Gasteiger partial charge in [-0.3, -0.25) is 0 Å². The molecule has 23 heavy (non-hydrogen) atoms. The Kier molecular flexibility index (Phi) is 5.48. The molecule has 1 aromatic carbocycles. The Balaban J connectivity index is 2.21. The normalized spacial score (nSPS) is 20.0. The standard InChI is InChI=1S/C15H23BClNO4S/c1-14(2)15(3,4)22-16(21-14)12-7-5-8-13(11-12)23(19,20)18-10-6-9-17/h5,7-8,11,18H,6,9-10H2,1-4H3. The molecule has 1 aliphatic rings. The zero-order valence-corrected chi connectivity index (χ0v) is 15.5. The van der Waals surface area contributed by atoms with Crippen LogP contribution >= 0.6 is 11.6 Å². The molecular weight excluding hydrogens is 337 g/mol. The first-order chi connectivity index (χ1) is 10.6. The van der Waals surface area contributed by atoms with Crippen LogP contribution in [0.2, 0.25) is 0 Å². The maximum Gasteiger partial charge on any atom is 0.494 e. The molecule has 0 amide bonds. The fourth-order valence-corrected chi connectivity index (χ4v) is 3.43. The highest BCUT2D eigenvalue weighted by molar-refractivity contribution is 7.89. The summed E-state index contributed by atoms with van der Waals surface area (Å²) in [4.78, 5) is 0.194. The lowest BCUT2D eigenvalue weighted by Gasteiger charge is -2.32. The minimum atomic E-state index is -3.56. The van der Waals surface area contributed by atoms with Gasteiger partial charge in [0.1, 0.15) is 0 Å². The molecule has 0 bridgehead atoms. The second-order valence-electron chi connectivity index (χ2n) is 6.60. The van der Waals surface area contributed by atoms with E-state index in [9.17, 15) is 8.42 Å². The molecule has 1 N–H and O–H groups in total. The molecule has 0 aliphatic carbocycles. The summed E-state index contributed by atoms with van der Waals surface area (Å²) in [5.74, 6) is 0.413. The number of benzene rings is 1. The van der Waals surface area contributed by atoms with Gasteiger partial charge in [-0.25, -0.2) is 13.1 Å². The highest BCUT2D eigenvalue weighted by Gasteiger charge is 2.51. The topological polar surface area (TPSA) is 64.6 Å². The lowest BCUT2D eigenvalue weighted by Crippen LogP contribution is -2.41. The molecule has 5 nitrogen and oxygen atoms in total. The van der Waals surface area contributed by atoms with Crippen LogP contribution in [-0.2, 0) is 19.3 Å². The monoisotopic (exact) mass is 359 g/mol. The van der Waals surface area contributed by atoms with E-state index >= 15 is 0 Å². The molecule has 0 atom stereocenters. The lowest BCUT2D eigenvalue weighted by molar-refractivity contribution is 0.00578. The second kappa shape index (κ2) is 6.72. The van der Waals surface area contributed by atoms with Crippen molar-refractivity contribution < 1.29 is 17.7 Å². The average molecular weight is 360 g/mol. The van der Waals surface area contributed by atoms with E-state index in [-0.39, 0.29) is 4.90 Å². The molecule has 2 rings (SSSR count). The highest BCUT2D eigenvalue weighted by Crippen LogP contribution is 2.36. The third-order valence-corrected chi connectivity index (χ3v) is 6.02. The van der Waals surface area contributed by atoms with Crippen molar-refractivity contribution in [3.05, 3.63) is 24.3 Å². The van der Waals surface area contributed by atoms with E-state index in [4.69, 9.17) is 20.9 Å². The molecular formula is C15H23BClNO4S. The Bertz CT molecular complexity index is 647. The minimum Gasteiger partial charge on any atom is -0.399 e. The summed E-state index contributed by atoms with van der Waals surface area (Å²) >= 11 is 5.57. The fourth-order valence-electron chi connectivity index (χ4n) is 2.16. The number of hydrogen-bond donors (Lipinski definition) is 1. The zero-order valence-electron chi connectivity index (χ0n) is 13.9. The van der Waals surface area contributed by atoms with Crippen LogP contribution in [0, 0.1) is 0 Å². The van der Waals surface area contributed by atoms with E-state index in [1.807, 2.05) is 27.7 Å². The summed E-state index contributed by atoms with van der Waals surface area (Å²) in [5, 5.41) is 0. The van der Waals surface area contributed by atoms with Crippen molar-refractivity contribution >= 4 is 34.2 Å². The molecule has 8 heteroatoms. The van der Waals surface area contributed by atoms with Crippen LogP contribution in [0.3, 0.4) is 0 Å². The predicted octanol–water partition coefficient (Wildman–Crippen LogP) is 1.89. The van der Waals surface area contributed by atoms with E-state index in [1.165, 1.54) is 0 Å². The van der Waals surface area contributed by atoms with Crippen LogP contribution in [-0.4, -0.2) is 39.2 Å². The molecule has 1 aliphatic heterocycles. The summed E-state index contributed by atoms with van der Waals surface area (Å²) in [7, 11) is -4.15. The number of halogens is 1. The average Bonchev–Trinajstić information content (AvgIpc) is 2.68. The number of nitrogens with one attached hydrogen (secondary N) is 1. The first-order valence-corrected chi connectivity index (χ1v) is 9.62. The third kappa shape index (κ3) is 4.09. The summed E-state index contributed by atoms with van der Waals surface area (Å²) in [5.41, 5.74) is -0.250. The van der Waals surface area contributed by atoms with Crippen molar-refractivity contribution in [2.45, 2.75) is 50.2 Å². The van der Waals surface area contributed by atoms with Crippen molar-refractivity contribution in [1.82, 2.24) is 4.72 Å². The summed E-state index contributed by atoms with van der Waals surface area (Å²) in [6.45, 7) is 8.15. The maximum atomic E-state index is 12.3. The predicted molar refractivity (Wildman–Crippen MR) is 92.7 cm³/mol. The minimum absolute atomic E-state index is 0.194. The van der Waals surface area contributed by atoms with Crippen molar-refractivity contribution in [3.8, 4) is 0 Å². The maximum absolute atomic E-state index is 12.3. The molecule has 0 radical (unpaired) electrons. The van der Waals surface area contributed by atoms with Crippen LogP contribution in [0.1, 0.15) is 34.1 Å². The Labute approximate surface area is 143 Å². The fraction of sp³-hybridized carbons (Fsp3) is 0.600. The summed E-state index contributed by atoms with van der Waals surface area (Å²) < 4.78 is 39.0. The number of sulfonamides is 1. The smallest absolute Gasteiger partial charge is 0.399 e. The van der Waals surface area contributed by atoms with Gasteiger partial charge >= 0.3 is 7.12 Å². The molecule has 0 spiro atoms. The van der Waals surface area contributed by atoms with Crippen molar-refractivity contribution in [3.63, 3.8) is 0 Å². The molecule has 0 aromatic heterocycles. The van der Waals surface area contributed by atoms with Gasteiger partial charge in [-0.05, 0) is 51.7 Å². The molecule has 1 heterocycles. The van der Waals surface area contributed by atoms with E-state index in [0.29, 0.717) is 24.3 Å². The Morgan fingerprint density at radius 1 is 1.17 bits per heavy atom. The number of hydrogen-bond acceptors (Lipinski definition) is 4. The molecule has 128 valence electrons. The molecule has 1 saturated heterocycles. The van der Waals surface area contributed by atoms with E-state index in [2.05, 4.69) is 4.72 Å². The second-order valence-corrected chi connectivity index (χ2v) is 8.75. The van der Waals surface area contributed by atoms with Crippen LogP contribution in [0.15, 0.2) is 29.2 Å².